The highest BCUT2D eigenvalue weighted by Crippen LogP contribution is 2.28. The Balaban J connectivity index is 2.92. The number of carbonyl (C=O) groups excluding carboxylic acids is 1. The summed E-state index contributed by atoms with van der Waals surface area (Å²) in [4.78, 5) is 12.8. The van der Waals surface area contributed by atoms with Crippen LogP contribution in [0, 0.1) is 0 Å². The van der Waals surface area contributed by atoms with Crippen LogP contribution in [0.4, 0.5) is 10.5 Å². The number of halogens is 1. The van der Waals surface area contributed by atoms with E-state index in [9.17, 15) is 4.79 Å². The zero-order valence-corrected chi connectivity index (χ0v) is 10.3. The van der Waals surface area contributed by atoms with Gasteiger partial charge in [-0.15, -0.1) is 0 Å². The van der Waals surface area contributed by atoms with Crippen molar-refractivity contribution < 1.29 is 9.53 Å². The molecule has 4 nitrogen and oxygen atoms in total. The average Bonchev–Trinajstić information content (AvgIpc) is 2.30. The van der Waals surface area contributed by atoms with Gasteiger partial charge in [0.05, 0.1) is 11.6 Å². The van der Waals surface area contributed by atoms with E-state index in [1.165, 1.54) is 4.90 Å². The van der Waals surface area contributed by atoms with E-state index in [2.05, 4.69) is 5.32 Å². The number of nitrogens with one attached hydrogen (secondary N) is 1. The maximum atomic E-state index is 11.4. The topological polar surface area (TPSA) is 41.6 Å². The summed E-state index contributed by atoms with van der Waals surface area (Å²) in [5, 5.41) is 3.03. The molecule has 0 aliphatic carbocycles. The Hall–Kier alpha value is -1.42. The molecule has 0 radical (unpaired) electrons. The van der Waals surface area contributed by atoms with Gasteiger partial charge in [-0.05, 0) is 25.1 Å². The minimum atomic E-state index is -0.194. The van der Waals surface area contributed by atoms with Crippen LogP contribution in [-0.4, -0.2) is 26.7 Å². The Bertz CT molecular complexity index is 382. The SMILES string of the molecule is CCOc1ccc(N(C)C(=O)NC)cc1Cl. The molecule has 1 aromatic rings. The summed E-state index contributed by atoms with van der Waals surface area (Å²) in [6.45, 7) is 2.45. The third kappa shape index (κ3) is 2.79. The van der Waals surface area contributed by atoms with E-state index in [0.717, 1.165) is 0 Å². The first-order chi connectivity index (χ1) is 7.60. The summed E-state index contributed by atoms with van der Waals surface area (Å²) in [7, 11) is 3.25. The maximum absolute atomic E-state index is 11.4. The van der Waals surface area contributed by atoms with E-state index >= 15 is 0 Å². The van der Waals surface area contributed by atoms with Crippen molar-refractivity contribution in [3.05, 3.63) is 23.2 Å². The van der Waals surface area contributed by atoms with Crippen LogP contribution in [0.15, 0.2) is 18.2 Å². The molecular formula is C11H15ClN2O2. The molecule has 2 amide bonds. The van der Waals surface area contributed by atoms with Gasteiger partial charge in [0, 0.05) is 19.8 Å². The monoisotopic (exact) mass is 242 g/mol. The molecular weight excluding hydrogens is 228 g/mol. The number of carbonyl (C=O) groups is 1. The van der Waals surface area contributed by atoms with Gasteiger partial charge in [0.1, 0.15) is 5.75 Å². The Labute approximate surface area is 100 Å². The second-order valence-electron chi connectivity index (χ2n) is 3.16. The number of nitrogens with zero attached hydrogens (tertiary/aromatic N) is 1. The van der Waals surface area contributed by atoms with Gasteiger partial charge in [-0.25, -0.2) is 4.79 Å². The first-order valence-electron chi connectivity index (χ1n) is 4.98. The molecule has 88 valence electrons. The molecule has 0 heterocycles. The van der Waals surface area contributed by atoms with Crippen LogP contribution in [0.1, 0.15) is 6.92 Å². The first-order valence-corrected chi connectivity index (χ1v) is 5.35. The molecule has 0 bridgehead atoms. The molecule has 0 saturated carbocycles. The predicted octanol–water partition coefficient (Wildman–Crippen LogP) is 2.51. The van der Waals surface area contributed by atoms with Gasteiger partial charge in [0.15, 0.2) is 0 Å². The van der Waals surface area contributed by atoms with Crippen LogP contribution >= 0.6 is 11.6 Å². The van der Waals surface area contributed by atoms with Crippen molar-refractivity contribution in [1.82, 2.24) is 5.32 Å². The average molecular weight is 243 g/mol. The number of hydrogen-bond donors (Lipinski definition) is 1. The normalized spacial score (nSPS) is 9.75. The van der Waals surface area contributed by atoms with Crippen LogP contribution in [0.5, 0.6) is 5.75 Å². The minimum absolute atomic E-state index is 0.194. The number of hydrogen-bond acceptors (Lipinski definition) is 2. The van der Waals surface area contributed by atoms with E-state index in [4.69, 9.17) is 16.3 Å². The quantitative estimate of drug-likeness (QED) is 0.885. The van der Waals surface area contributed by atoms with Crippen molar-refractivity contribution in [1.29, 1.82) is 0 Å². The zero-order valence-electron chi connectivity index (χ0n) is 9.58. The fourth-order valence-corrected chi connectivity index (χ4v) is 1.49. The van der Waals surface area contributed by atoms with Crippen LogP contribution in [0.25, 0.3) is 0 Å². The molecule has 0 aliphatic heterocycles. The predicted molar refractivity (Wildman–Crippen MR) is 65.5 cm³/mol. The van der Waals surface area contributed by atoms with Crippen molar-refractivity contribution in [3.63, 3.8) is 0 Å². The Kier molecular flexibility index (Phi) is 4.43. The summed E-state index contributed by atoms with van der Waals surface area (Å²) in [6.07, 6.45) is 0. The third-order valence-electron chi connectivity index (χ3n) is 2.12. The van der Waals surface area contributed by atoms with Crippen molar-refractivity contribution in [2.75, 3.05) is 25.6 Å². The van der Waals surface area contributed by atoms with Crippen LogP contribution in [0.3, 0.4) is 0 Å². The largest absolute Gasteiger partial charge is 0.492 e. The molecule has 0 saturated heterocycles. The Morgan fingerprint density at radius 3 is 2.75 bits per heavy atom. The number of rotatable bonds is 3. The molecule has 1 rings (SSSR count). The molecule has 0 atom stereocenters. The van der Waals surface area contributed by atoms with Crippen molar-refractivity contribution in [2.45, 2.75) is 6.92 Å². The number of urea groups is 1. The smallest absolute Gasteiger partial charge is 0.321 e. The number of anilines is 1. The minimum Gasteiger partial charge on any atom is -0.492 e. The van der Waals surface area contributed by atoms with Gasteiger partial charge in [0.2, 0.25) is 0 Å². The van der Waals surface area contributed by atoms with Crippen LogP contribution in [0.2, 0.25) is 5.02 Å². The second kappa shape index (κ2) is 5.61. The third-order valence-corrected chi connectivity index (χ3v) is 2.42. The van der Waals surface area contributed by atoms with E-state index in [-0.39, 0.29) is 6.03 Å². The molecule has 0 aromatic heterocycles. The first kappa shape index (κ1) is 12.6. The fourth-order valence-electron chi connectivity index (χ4n) is 1.26. The number of benzene rings is 1. The molecule has 0 spiro atoms. The Morgan fingerprint density at radius 2 is 2.25 bits per heavy atom. The standard InChI is InChI=1S/C11H15ClN2O2/c1-4-16-10-6-5-8(7-9(10)12)14(3)11(15)13-2/h5-7H,4H2,1-3H3,(H,13,15). The Morgan fingerprint density at radius 1 is 1.56 bits per heavy atom. The lowest BCUT2D eigenvalue weighted by molar-refractivity contribution is 0.249. The molecule has 0 aliphatic rings. The molecule has 0 unspecified atom stereocenters. The van der Waals surface area contributed by atoms with Gasteiger partial charge in [-0.1, -0.05) is 11.6 Å². The van der Waals surface area contributed by atoms with E-state index < -0.39 is 0 Å². The summed E-state index contributed by atoms with van der Waals surface area (Å²) >= 11 is 6.02. The molecule has 16 heavy (non-hydrogen) atoms. The van der Waals surface area contributed by atoms with E-state index in [0.29, 0.717) is 23.1 Å². The van der Waals surface area contributed by atoms with Gasteiger partial charge in [-0.2, -0.15) is 0 Å². The highest BCUT2D eigenvalue weighted by molar-refractivity contribution is 6.32. The van der Waals surface area contributed by atoms with Gasteiger partial charge >= 0.3 is 6.03 Å². The maximum Gasteiger partial charge on any atom is 0.321 e. The van der Waals surface area contributed by atoms with Crippen LogP contribution in [-0.2, 0) is 0 Å². The van der Waals surface area contributed by atoms with Crippen molar-refractivity contribution >= 4 is 23.3 Å². The lowest BCUT2D eigenvalue weighted by Crippen LogP contribution is -2.34. The summed E-state index contributed by atoms with van der Waals surface area (Å²) in [5.41, 5.74) is 0.716. The lowest BCUT2D eigenvalue weighted by atomic mass is 10.3. The lowest BCUT2D eigenvalue weighted by Gasteiger charge is -2.17. The summed E-state index contributed by atoms with van der Waals surface area (Å²) in [5.74, 6) is 0.623. The molecule has 0 fully saturated rings. The highest BCUT2D eigenvalue weighted by Gasteiger charge is 2.10. The molecule has 5 heteroatoms. The second-order valence-corrected chi connectivity index (χ2v) is 3.57. The summed E-state index contributed by atoms with van der Waals surface area (Å²) < 4.78 is 5.31. The number of ether oxygens (including phenoxy) is 1. The molecule has 1 aromatic carbocycles. The van der Waals surface area contributed by atoms with Crippen molar-refractivity contribution in [3.8, 4) is 5.75 Å². The number of amides is 2. The van der Waals surface area contributed by atoms with Gasteiger partial charge in [-0.3, -0.25) is 4.90 Å². The highest BCUT2D eigenvalue weighted by atomic mass is 35.5. The summed E-state index contributed by atoms with van der Waals surface area (Å²) in [6, 6.07) is 5.04. The van der Waals surface area contributed by atoms with Crippen molar-refractivity contribution in [2.24, 2.45) is 0 Å². The van der Waals surface area contributed by atoms with E-state index in [1.54, 1.807) is 32.3 Å². The van der Waals surface area contributed by atoms with Gasteiger partial charge < -0.3 is 10.1 Å². The zero-order chi connectivity index (χ0) is 12.1. The fraction of sp³-hybridized carbons (Fsp3) is 0.364. The molecule has 1 N–H and O–H groups in total. The van der Waals surface area contributed by atoms with Gasteiger partial charge in [0.25, 0.3) is 0 Å². The van der Waals surface area contributed by atoms with E-state index in [1.807, 2.05) is 6.92 Å². The van der Waals surface area contributed by atoms with Crippen LogP contribution < -0.4 is 15.0 Å².